The van der Waals surface area contributed by atoms with E-state index in [1.807, 2.05) is 0 Å². The molecule has 1 aromatic heterocycles. The summed E-state index contributed by atoms with van der Waals surface area (Å²) in [5.41, 5.74) is 0. The van der Waals surface area contributed by atoms with Gasteiger partial charge < -0.3 is 0 Å². The van der Waals surface area contributed by atoms with Gasteiger partial charge in [-0.15, -0.1) is 10.2 Å². The highest BCUT2D eigenvalue weighted by molar-refractivity contribution is 6.28. The maximum absolute atomic E-state index is 6.12. The Balaban J connectivity index is 2.28. The van der Waals surface area contributed by atoms with Gasteiger partial charge in [0.1, 0.15) is 5.82 Å². The lowest BCUT2D eigenvalue weighted by Gasteiger charge is -2.19. The smallest absolute Gasteiger partial charge is 0.225 e. The van der Waals surface area contributed by atoms with Gasteiger partial charge in [0.25, 0.3) is 0 Å². The van der Waals surface area contributed by atoms with E-state index in [0.29, 0.717) is 17.2 Å². The molecule has 1 heterocycles. The van der Waals surface area contributed by atoms with Crippen molar-refractivity contribution < 1.29 is 0 Å². The minimum atomic E-state index is 0.522. The molecule has 0 bridgehead atoms. The SMILES string of the molecule is CCCc1nnc(Cl)n1C1CCCC1C. The van der Waals surface area contributed by atoms with Crippen LogP contribution in [0.4, 0.5) is 0 Å². The normalized spacial score (nSPS) is 26.1. The van der Waals surface area contributed by atoms with E-state index in [1.54, 1.807) is 0 Å². The predicted molar refractivity (Wildman–Crippen MR) is 61.1 cm³/mol. The van der Waals surface area contributed by atoms with Crippen molar-refractivity contribution in [2.75, 3.05) is 0 Å². The van der Waals surface area contributed by atoms with Crippen molar-refractivity contribution in [2.24, 2.45) is 5.92 Å². The summed E-state index contributed by atoms with van der Waals surface area (Å²) in [5, 5.41) is 8.72. The average Bonchev–Trinajstić information content (AvgIpc) is 2.75. The second-order valence-electron chi connectivity index (χ2n) is 4.48. The van der Waals surface area contributed by atoms with Gasteiger partial charge in [-0.1, -0.05) is 20.3 Å². The molecule has 3 nitrogen and oxygen atoms in total. The van der Waals surface area contributed by atoms with Gasteiger partial charge in [-0.2, -0.15) is 0 Å². The van der Waals surface area contributed by atoms with Crippen molar-refractivity contribution in [3.05, 3.63) is 11.1 Å². The molecule has 0 N–H and O–H groups in total. The molecule has 2 rings (SSSR count). The zero-order valence-electron chi connectivity index (χ0n) is 9.41. The number of hydrogen-bond acceptors (Lipinski definition) is 2. The lowest BCUT2D eigenvalue weighted by molar-refractivity contribution is 0.395. The van der Waals surface area contributed by atoms with Crippen LogP contribution in [0.15, 0.2) is 0 Å². The van der Waals surface area contributed by atoms with Gasteiger partial charge in [0.2, 0.25) is 5.28 Å². The molecule has 2 atom stereocenters. The van der Waals surface area contributed by atoms with Gasteiger partial charge in [0.15, 0.2) is 0 Å². The lowest BCUT2D eigenvalue weighted by atomic mass is 10.1. The molecule has 0 radical (unpaired) electrons. The van der Waals surface area contributed by atoms with E-state index in [4.69, 9.17) is 11.6 Å². The monoisotopic (exact) mass is 227 g/mol. The Morgan fingerprint density at radius 2 is 2.20 bits per heavy atom. The predicted octanol–water partition coefficient (Wildman–Crippen LogP) is 3.25. The fourth-order valence-electron chi connectivity index (χ4n) is 2.53. The maximum atomic E-state index is 6.12. The standard InChI is InChI=1S/C11H18ClN3/c1-3-5-10-13-14-11(12)15(10)9-7-4-6-8(9)2/h8-9H,3-7H2,1-2H3. The molecule has 4 heteroatoms. The van der Waals surface area contributed by atoms with Gasteiger partial charge >= 0.3 is 0 Å². The van der Waals surface area contributed by atoms with Crippen molar-refractivity contribution in [1.82, 2.24) is 14.8 Å². The Labute approximate surface area is 95.8 Å². The number of nitrogens with zero attached hydrogens (tertiary/aromatic N) is 3. The summed E-state index contributed by atoms with van der Waals surface area (Å²) in [6.45, 7) is 4.45. The van der Waals surface area contributed by atoms with Crippen molar-refractivity contribution in [3.8, 4) is 0 Å². The van der Waals surface area contributed by atoms with E-state index in [1.165, 1.54) is 19.3 Å². The van der Waals surface area contributed by atoms with Crippen LogP contribution in [0.5, 0.6) is 0 Å². The van der Waals surface area contributed by atoms with E-state index in [2.05, 4.69) is 28.6 Å². The summed E-state index contributed by atoms with van der Waals surface area (Å²) in [4.78, 5) is 0. The third kappa shape index (κ3) is 2.03. The van der Waals surface area contributed by atoms with Crippen molar-refractivity contribution in [3.63, 3.8) is 0 Å². The van der Waals surface area contributed by atoms with Crippen molar-refractivity contribution in [2.45, 2.75) is 52.0 Å². The van der Waals surface area contributed by atoms with E-state index in [0.717, 1.165) is 18.7 Å². The first-order valence-corrected chi connectivity index (χ1v) is 6.21. The first-order valence-electron chi connectivity index (χ1n) is 5.83. The highest BCUT2D eigenvalue weighted by Gasteiger charge is 2.28. The average molecular weight is 228 g/mol. The first-order chi connectivity index (χ1) is 7.24. The second kappa shape index (κ2) is 4.52. The summed E-state index contributed by atoms with van der Waals surface area (Å²) in [7, 11) is 0. The highest BCUT2D eigenvalue weighted by Crippen LogP contribution is 2.37. The number of hydrogen-bond donors (Lipinski definition) is 0. The Bertz CT molecular complexity index is 335. The van der Waals surface area contributed by atoms with Crippen LogP contribution in [-0.4, -0.2) is 14.8 Å². The van der Waals surface area contributed by atoms with Crippen LogP contribution >= 0.6 is 11.6 Å². The van der Waals surface area contributed by atoms with Crippen LogP contribution in [0.1, 0.15) is 51.4 Å². The van der Waals surface area contributed by atoms with Crippen LogP contribution in [-0.2, 0) is 6.42 Å². The van der Waals surface area contributed by atoms with Gasteiger partial charge in [0, 0.05) is 12.5 Å². The molecule has 0 amide bonds. The van der Waals surface area contributed by atoms with E-state index in [9.17, 15) is 0 Å². The van der Waals surface area contributed by atoms with Gasteiger partial charge in [0.05, 0.1) is 0 Å². The lowest BCUT2D eigenvalue weighted by Crippen LogP contribution is -2.15. The van der Waals surface area contributed by atoms with E-state index in [-0.39, 0.29) is 0 Å². The molecule has 15 heavy (non-hydrogen) atoms. The Hall–Kier alpha value is -0.570. The summed E-state index contributed by atoms with van der Waals surface area (Å²) in [6, 6.07) is 0.522. The van der Waals surface area contributed by atoms with Crippen molar-refractivity contribution >= 4 is 11.6 Å². The minimum absolute atomic E-state index is 0.522. The maximum Gasteiger partial charge on any atom is 0.225 e. The molecule has 1 saturated carbocycles. The topological polar surface area (TPSA) is 30.7 Å². The molecular weight excluding hydrogens is 210 g/mol. The number of rotatable bonds is 3. The fourth-order valence-corrected chi connectivity index (χ4v) is 2.79. The zero-order chi connectivity index (χ0) is 10.8. The molecule has 2 unspecified atom stereocenters. The molecule has 0 saturated heterocycles. The highest BCUT2D eigenvalue weighted by atomic mass is 35.5. The quantitative estimate of drug-likeness (QED) is 0.794. The third-order valence-corrected chi connectivity index (χ3v) is 3.60. The molecule has 1 aromatic rings. The largest absolute Gasteiger partial charge is 0.298 e. The van der Waals surface area contributed by atoms with Gasteiger partial charge in [-0.25, -0.2) is 0 Å². The summed E-state index contributed by atoms with van der Waals surface area (Å²) < 4.78 is 2.16. The van der Waals surface area contributed by atoms with E-state index < -0.39 is 0 Å². The van der Waals surface area contributed by atoms with Crippen LogP contribution in [0.3, 0.4) is 0 Å². The number of aromatic nitrogens is 3. The van der Waals surface area contributed by atoms with Crippen LogP contribution in [0.2, 0.25) is 5.28 Å². The first kappa shape index (κ1) is 10.9. The Morgan fingerprint density at radius 1 is 1.40 bits per heavy atom. The third-order valence-electron chi connectivity index (χ3n) is 3.35. The number of aryl methyl sites for hydroxylation is 1. The van der Waals surface area contributed by atoms with Crippen LogP contribution in [0, 0.1) is 5.92 Å². The second-order valence-corrected chi connectivity index (χ2v) is 4.82. The summed E-state index contributed by atoms with van der Waals surface area (Å²) in [5.74, 6) is 1.76. The van der Waals surface area contributed by atoms with Crippen LogP contribution < -0.4 is 0 Å². The molecule has 1 aliphatic carbocycles. The summed E-state index contributed by atoms with van der Waals surface area (Å²) in [6.07, 6.45) is 5.88. The van der Waals surface area contributed by atoms with Crippen LogP contribution in [0.25, 0.3) is 0 Å². The Kier molecular flexibility index (Phi) is 3.29. The molecule has 84 valence electrons. The zero-order valence-corrected chi connectivity index (χ0v) is 10.2. The molecule has 0 spiro atoms. The van der Waals surface area contributed by atoms with Crippen molar-refractivity contribution in [1.29, 1.82) is 0 Å². The summed E-state index contributed by atoms with van der Waals surface area (Å²) >= 11 is 6.12. The van der Waals surface area contributed by atoms with E-state index >= 15 is 0 Å². The van der Waals surface area contributed by atoms with Gasteiger partial charge in [-0.3, -0.25) is 4.57 Å². The molecule has 0 aromatic carbocycles. The fraction of sp³-hybridized carbons (Fsp3) is 0.818. The molecule has 1 aliphatic rings. The Morgan fingerprint density at radius 3 is 2.80 bits per heavy atom. The van der Waals surface area contributed by atoms with Gasteiger partial charge in [-0.05, 0) is 36.8 Å². The minimum Gasteiger partial charge on any atom is -0.298 e. The molecular formula is C11H18ClN3. The number of halogens is 1. The molecule has 0 aliphatic heterocycles. The molecule has 1 fully saturated rings.